The first-order chi connectivity index (χ1) is 10.4. The lowest BCUT2D eigenvalue weighted by Gasteiger charge is -2.26. The van der Waals surface area contributed by atoms with E-state index in [-0.39, 0.29) is 0 Å². The molecule has 1 aliphatic rings. The molecule has 4 rings (SSSR count). The van der Waals surface area contributed by atoms with E-state index in [4.69, 9.17) is 10.1 Å². The van der Waals surface area contributed by atoms with Crippen LogP contribution in [0.25, 0.3) is 10.7 Å². The van der Waals surface area contributed by atoms with E-state index in [9.17, 15) is 0 Å². The van der Waals surface area contributed by atoms with Crippen LogP contribution in [0.5, 0.6) is 0 Å². The maximum absolute atomic E-state index is 4.78. The van der Waals surface area contributed by atoms with Gasteiger partial charge in [-0.1, -0.05) is 6.07 Å². The number of aromatic nitrogens is 5. The fraction of sp³-hybridized carbons (Fsp3) is 0.400. The SMILES string of the molecule is c1csc(-c2nc(CCc3ncc[nH]3)n(C3CCC3)n2)c1. The largest absolute Gasteiger partial charge is 0.349 e. The van der Waals surface area contributed by atoms with Gasteiger partial charge in [0.05, 0.1) is 10.9 Å². The monoisotopic (exact) mass is 299 g/mol. The number of thiophene rings is 1. The molecule has 5 nitrogen and oxygen atoms in total. The lowest BCUT2D eigenvalue weighted by Crippen LogP contribution is -2.21. The first kappa shape index (κ1) is 12.8. The third kappa shape index (κ3) is 2.51. The van der Waals surface area contributed by atoms with Gasteiger partial charge in [0.15, 0.2) is 5.82 Å². The number of aromatic amines is 1. The molecule has 0 unspecified atom stereocenters. The molecule has 3 heterocycles. The Kier molecular flexibility index (Phi) is 3.31. The highest BCUT2D eigenvalue weighted by Crippen LogP contribution is 2.33. The summed E-state index contributed by atoms with van der Waals surface area (Å²) in [7, 11) is 0. The quantitative estimate of drug-likeness (QED) is 0.787. The minimum Gasteiger partial charge on any atom is -0.349 e. The van der Waals surface area contributed by atoms with Gasteiger partial charge in [0.2, 0.25) is 0 Å². The Balaban J connectivity index is 1.60. The lowest BCUT2D eigenvalue weighted by atomic mass is 9.93. The average Bonchev–Trinajstić information content (AvgIpc) is 3.17. The van der Waals surface area contributed by atoms with Crippen molar-refractivity contribution >= 4 is 11.3 Å². The average molecular weight is 299 g/mol. The molecule has 0 bridgehead atoms. The van der Waals surface area contributed by atoms with Crippen molar-refractivity contribution in [2.75, 3.05) is 0 Å². The van der Waals surface area contributed by atoms with E-state index in [1.54, 1.807) is 17.5 Å². The van der Waals surface area contributed by atoms with Crippen LogP contribution in [0.2, 0.25) is 0 Å². The van der Waals surface area contributed by atoms with E-state index in [0.717, 1.165) is 35.2 Å². The van der Waals surface area contributed by atoms with Crippen molar-refractivity contribution in [2.45, 2.75) is 38.1 Å². The molecule has 0 saturated heterocycles. The number of hydrogen-bond donors (Lipinski definition) is 1. The molecule has 0 aliphatic heterocycles. The van der Waals surface area contributed by atoms with Gasteiger partial charge in [-0.2, -0.15) is 0 Å². The number of nitrogens with one attached hydrogen (secondary N) is 1. The van der Waals surface area contributed by atoms with Crippen LogP contribution in [0, 0.1) is 0 Å². The number of nitrogens with zero attached hydrogens (tertiary/aromatic N) is 4. The van der Waals surface area contributed by atoms with Gasteiger partial charge in [-0.05, 0) is 30.7 Å². The van der Waals surface area contributed by atoms with Crippen molar-refractivity contribution in [3.05, 3.63) is 41.6 Å². The molecule has 1 fully saturated rings. The van der Waals surface area contributed by atoms with Crippen LogP contribution in [-0.4, -0.2) is 24.7 Å². The Hall–Kier alpha value is -1.95. The molecule has 0 spiro atoms. The van der Waals surface area contributed by atoms with Crippen LogP contribution in [0.4, 0.5) is 0 Å². The third-order valence-electron chi connectivity index (χ3n) is 4.00. The summed E-state index contributed by atoms with van der Waals surface area (Å²) in [6.07, 6.45) is 9.16. The van der Waals surface area contributed by atoms with E-state index in [1.165, 1.54) is 19.3 Å². The van der Waals surface area contributed by atoms with Gasteiger partial charge in [0.1, 0.15) is 11.6 Å². The first-order valence-corrected chi connectivity index (χ1v) is 8.25. The summed E-state index contributed by atoms with van der Waals surface area (Å²) in [6, 6.07) is 4.67. The molecule has 3 aromatic rings. The molecule has 3 aromatic heterocycles. The van der Waals surface area contributed by atoms with Gasteiger partial charge in [0, 0.05) is 25.2 Å². The van der Waals surface area contributed by atoms with E-state index in [0.29, 0.717) is 6.04 Å². The van der Waals surface area contributed by atoms with Gasteiger partial charge in [-0.3, -0.25) is 0 Å². The van der Waals surface area contributed by atoms with Crippen molar-refractivity contribution in [2.24, 2.45) is 0 Å². The molecule has 1 N–H and O–H groups in total. The zero-order chi connectivity index (χ0) is 14.1. The van der Waals surface area contributed by atoms with Crippen molar-refractivity contribution in [3.63, 3.8) is 0 Å². The highest BCUT2D eigenvalue weighted by molar-refractivity contribution is 7.13. The molecular weight excluding hydrogens is 282 g/mol. The maximum Gasteiger partial charge on any atom is 0.191 e. The van der Waals surface area contributed by atoms with Crippen molar-refractivity contribution in [1.29, 1.82) is 0 Å². The van der Waals surface area contributed by atoms with Crippen LogP contribution >= 0.6 is 11.3 Å². The summed E-state index contributed by atoms with van der Waals surface area (Å²) in [4.78, 5) is 13.4. The Labute approximate surface area is 127 Å². The first-order valence-electron chi connectivity index (χ1n) is 7.38. The Morgan fingerprint density at radius 1 is 1.33 bits per heavy atom. The van der Waals surface area contributed by atoms with Gasteiger partial charge in [-0.25, -0.2) is 14.6 Å². The second-order valence-corrected chi connectivity index (χ2v) is 6.34. The topological polar surface area (TPSA) is 59.4 Å². The highest BCUT2D eigenvalue weighted by atomic mass is 32.1. The fourth-order valence-electron chi connectivity index (χ4n) is 2.62. The lowest BCUT2D eigenvalue weighted by molar-refractivity contribution is 0.281. The molecular formula is C15H17N5S. The normalized spacial score (nSPS) is 15.2. The summed E-state index contributed by atoms with van der Waals surface area (Å²) < 4.78 is 2.15. The van der Waals surface area contributed by atoms with Crippen molar-refractivity contribution in [3.8, 4) is 10.7 Å². The van der Waals surface area contributed by atoms with E-state index in [1.807, 2.05) is 12.3 Å². The second kappa shape index (κ2) is 5.44. The van der Waals surface area contributed by atoms with Gasteiger partial charge >= 0.3 is 0 Å². The molecule has 6 heteroatoms. The maximum atomic E-state index is 4.78. The number of rotatable bonds is 5. The minimum absolute atomic E-state index is 0.540. The predicted molar refractivity (Wildman–Crippen MR) is 82.2 cm³/mol. The smallest absolute Gasteiger partial charge is 0.191 e. The standard InChI is InChI=1S/C15H17N5S/c1-3-11(4-1)20-14(7-6-13-16-8-9-17-13)18-15(19-20)12-5-2-10-21-12/h2,5,8-11H,1,3-4,6-7H2,(H,16,17). The molecule has 1 aliphatic carbocycles. The number of aryl methyl sites for hydroxylation is 2. The summed E-state index contributed by atoms with van der Waals surface area (Å²) >= 11 is 1.69. The molecule has 0 amide bonds. The van der Waals surface area contributed by atoms with Crippen molar-refractivity contribution < 1.29 is 0 Å². The van der Waals surface area contributed by atoms with Crippen LogP contribution in [0.3, 0.4) is 0 Å². The summed E-state index contributed by atoms with van der Waals surface area (Å²) in [5, 5.41) is 6.83. The van der Waals surface area contributed by atoms with Crippen LogP contribution < -0.4 is 0 Å². The Morgan fingerprint density at radius 3 is 2.95 bits per heavy atom. The number of hydrogen-bond acceptors (Lipinski definition) is 4. The summed E-state index contributed by atoms with van der Waals surface area (Å²) in [5.74, 6) is 2.96. The molecule has 108 valence electrons. The zero-order valence-corrected chi connectivity index (χ0v) is 12.5. The highest BCUT2D eigenvalue weighted by Gasteiger charge is 2.24. The van der Waals surface area contributed by atoms with Gasteiger partial charge < -0.3 is 4.98 Å². The Bertz CT molecular complexity index is 695. The molecule has 0 aromatic carbocycles. The minimum atomic E-state index is 0.540. The molecule has 0 atom stereocenters. The zero-order valence-electron chi connectivity index (χ0n) is 11.7. The summed E-state index contributed by atoms with van der Waals surface area (Å²) in [5.41, 5.74) is 0. The van der Waals surface area contributed by atoms with Crippen LogP contribution in [0.15, 0.2) is 29.9 Å². The summed E-state index contributed by atoms with van der Waals surface area (Å²) in [6.45, 7) is 0. The van der Waals surface area contributed by atoms with E-state index < -0.39 is 0 Å². The molecule has 1 saturated carbocycles. The predicted octanol–water partition coefficient (Wildman–Crippen LogP) is 3.24. The molecule has 0 radical (unpaired) electrons. The van der Waals surface area contributed by atoms with Gasteiger partial charge in [-0.15, -0.1) is 16.4 Å². The van der Waals surface area contributed by atoms with E-state index >= 15 is 0 Å². The van der Waals surface area contributed by atoms with Crippen LogP contribution in [0.1, 0.15) is 37.0 Å². The van der Waals surface area contributed by atoms with Gasteiger partial charge in [0.25, 0.3) is 0 Å². The fourth-order valence-corrected chi connectivity index (χ4v) is 3.28. The van der Waals surface area contributed by atoms with E-state index in [2.05, 4.69) is 26.1 Å². The second-order valence-electron chi connectivity index (χ2n) is 5.39. The van der Waals surface area contributed by atoms with Crippen molar-refractivity contribution in [1.82, 2.24) is 24.7 Å². The Morgan fingerprint density at radius 2 is 2.29 bits per heavy atom. The third-order valence-corrected chi connectivity index (χ3v) is 4.87. The number of H-pyrrole nitrogens is 1. The molecule has 21 heavy (non-hydrogen) atoms. The van der Waals surface area contributed by atoms with Crippen LogP contribution in [-0.2, 0) is 12.8 Å². The number of imidazole rings is 1.